The van der Waals surface area contributed by atoms with E-state index in [4.69, 9.17) is 0 Å². The van der Waals surface area contributed by atoms with Gasteiger partial charge in [0.2, 0.25) is 0 Å². The molecule has 3 heterocycles. The van der Waals surface area contributed by atoms with Crippen molar-refractivity contribution >= 4 is 16.7 Å². The van der Waals surface area contributed by atoms with Crippen LogP contribution in [0.25, 0.3) is 27.8 Å². The van der Waals surface area contributed by atoms with Crippen molar-refractivity contribution in [3.63, 3.8) is 0 Å². The Balaban J connectivity index is 1.70. The molecule has 0 radical (unpaired) electrons. The van der Waals surface area contributed by atoms with Gasteiger partial charge < -0.3 is 4.57 Å². The molecule has 0 saturated carbocycles. The molecular formula is C22H17N5O. The standard InChI is InChI=1S/C22H17N5O/c1-15-19(17-10-6-3-7-11-17)21-24-23-20-18(27(21)25-15)12-13-26(22(20)28)14-16-8-4-2-5-9-16/h2-13H,14H2,1H3. The topological polar surface area (TPSA) is 65.1 Å². The fourth-order valence-electron chi connectivity index (χ4n) is 3.54. The quantitative estimate of drug-likeness (QED) is 0.490. The maximum Gasteiger partial charge on any atom is 0.280 e. The Morgan fingerprint density at radius 2 is 1.61 bits per heavy atom. The van der Waals surface area contributed by atoms with Crippen molar-refractivity contribution in [3.05, 3.63) is 94.5 Å². The minimum atomic E-state index is -0.176. The van der Waals surface area contributed by atoms with E-state index in [1.165, 1.54) is 0 Å². The van der Waals surface area contributed by atoms with Gasteiger partial charge in [-0.05, 0) is 24.1 Å². The minimum absolute atomic E-state index is 0.176. The van der Waals surface area contributed by atoms with Crippen molar-refractivity contribution in [1.29, 1.82) is 0 Å². The Morgan fingerprint density at radius 3 is 2.36 bits per heavy atom. The van der Waals surface area contributed by atoms with E-state index in [2.05, 4.69) is 15.3 Å². The Morgan fingerprint density at radius 1 is 0.893 bits per heavy atom. The second-order valence-corrected chi connectivity index (χ2v) is 6.73. The summed E-state index contributed by atoms with van der Waals surface area (Å²) in [7, 11) is 0. The molecule has 0 N–H and O–H groups in total. The molecule has 0 bridgehead atoms. The molecule has 6 heteroatoms. The van der Waals surface area contributed by atoms with Crippen LogP contribution >= 0.6 is 0 Å². The number of benzene rings is 2. The highest BCUT2D eigenvalue weighted by Crippen LogP contribution is 2.27. The van der Waals surface area contributed by atoms with Crippen LogP contribution < -0.4 is 5.56 Å². The van der Waals surface area contributed by atoms with Gasteiger partial charge in [0.05, 0.1) is 17.8 Å². The van der Waals surface area contributed by atoms with Gasteiger partial charge in [0.25, 0.3) is 5.56 Å². The van der Waals surface area contributed by atoms with Crippen LogP contribution in [0.5, 0.6) is 0 Å². The van der Waals surface area contributed by atoms with Crippen LogP contribution in [0.15, 0.2) is 77.7 Å². The summed E-state index contributed by atoms with van der Waals surface area (Å²) in [6, 6.07) is 21.7. The number of fused-ring (bicyclic) bond motifs is 3. The van der Waals surface area contributed by atoms with E-state index in [0.29, 0.717) is 23.2 Å². The second kappa shape index (κ2) is 6.42. The van der Waals surface area contributed by atoms with E-state index < -0.39 is 0 Å². The molecule has 0 aliphatic rings. The van der Waals surface area contributed by atoms with Crippen LogP contribution in [0, 0.1) is 6.92 Å². The minimum Gasteiger partial charge on any atom is -0.309 e. The highest BCUT2D eigenvalue weighted by Gasteiger charge is 2.17. The zero-order valence-corrected chi connectivity index (χ0v) is 15.3. The number of aromatic nitrogens is 5. The zero-order chi connectivity index (χ0) is 19.1. The number of nitrogens with zero attached hydrogens (tertiary/aromatic N) is 5. The molecule has 5 rings (SSSR count). The average molecular weight is 367 g/mol. The van der Waals surface area contributed by atoms with E-state index in [1.54, 1.807) is 15.3 Å². The van der Waals surface area contributed by atoms with Gasteiger partial charge in [-0.3, -0.25) is 4.79 Å². The second-order valence-electron chi connectivity index (χ2n) is 6.73. The molecule has 0 saturated heterocycles. The maximum absolute atomic E-state index is 13.0. The largest absolute Gasteiger partial charge is 0.309 e. The predicted octanol–water partition coefficient (Wildman–Crippen LogP) is 3.46. The van der Waals surface area contributed by atoms with Crippen LogP contribution in [0.1, 0.15) is 11.3 Å². The van der Waals surface area contributed by atoms with E-state index in [0.717, 1.165) is 22.4 Å². The van der Waals surface area contributed by atoms with E-state index >= 15 is 0 Å². The van der Waals surface area contributed by atoms with Crippen molar-refractivity contribution in [1.82, 2.24) is 24.4 Å². The average Bonchev–Trinajstić information content (AvgIpc) is 3.07. The van der Waals surface area contributed by atoms with Crippen molar-refractivity contribution in [2.45, 2.75) is 13.5 Å². The van der Waals surface area contributed by atoms with Crippen LogP contribution in [0.3, 0.4) is 0 Å². The van der Waals surface area contributed by atoms with Gasteiger partial charge in [-0.1, -0.05) is 60.7 Å². The fourth-order valence-corrected chi connectivity index (χ4v) is 3.54. The molecule has 0 aliphatic carbocycles. The molecule has 3 aromatic heterocycles. The molecule has 0 spiro atoms. The molecule has 28 heavy (non-hydrogen) atoms. The summed E-state index contributed by atoms with van der Waals surface area (Å²) in [6.45, 7) is 2.43. The molecule has 136 valence electrons. The van der Waals surface area contributed by atoms with E-state index in [-0.39, 0.29) is 5.56 Å². The normalized spacial score (nSPS) is 11.3. The highest BCUT2D eigenvalue weighted by atomic mass is 16.1. The number of rotatable bonds is 3. The summed E-state index contributed by atoms with van der Waals surface area (Å²) >= 11 is 0. The predicted molar refractivity (Wildman–Crippen MR) is 108 cm³/mol. The highest BCUT2D eigenvalue weighted by molar-refractivity contribution is 5.84. The summed E-state index contributed by atoms with van der Waals surface area (Å²) in [4.78, 5) is 13.0. The first-order chi connectivity index (χ1) is 13.7. The van der Waals surface area contributed by atoms with Crippen molar-refractivity contribution < 1.29 is 0 Å². The fraction of sp³-hybridized carbons (Fsp3) is 0.0909. The lowest BCUT2D eigenvalue weighted by molar-refractivity contribution is 0.760. The lowest BCUT2D eigenvalue weighted by atomic mass is 10.1. The molecule has 0 unspecified atom stereocenters. The zero-order valence-electron chi connectivity index (χ0n) is 15.3. The first-order valence-corrected chi connectivity index (χ1v) is 9.07. The van der Waals surface area contributed by atoms with Crippen molar-refractivity contribution in [3.8, 4) is 11.1 Å². The molecule has 0 aliphatic heterocycles. The summed E-state index contributed by atoms with van der Waals surface area (Å²) in [5, 5.41) is 13.3. The Hall–Kier alpha value is -3.80. The number of aryl methyl sites for hydroxylation is 1. The Bertz CT molecular complexity index is 1350. The first-order valence-electron chi connectivity index (χ1n) is 9.07. The van der Waals surface area contributed by atoms with Crippen LogP contribution in [-0.2, 0) is 6.54 Å². The van der Waals surface area contributed by atoms with Crippen LogP contribution in [0.4, 0.5) is 0 Å². The van der Waals surface area contributed by atoms with Gasteiger partial charge >= 0.3 is 0 Å². The Labute approximate surface area is 160 Å². The number of pyridine rings is 1. The van der Waals surface area contributed by atoms with Gasteiger partial charge in [-0.15, -0.1) is 10.2 Å². The summed E-state index contributed by atoms with van der Waals surface area (Å²) < 4.78 is 3.36. The smallest absolute Gasteiger partial charge is 0.280 e. The SMILES string of the molecule is Cc1nn2c(nnc3c(=O)n(Cc4ccccc4)ccc32)c1-c1ccccc1. The molecule has 0 fully saturated rings. The lowest BCUT2D eigenvalue weighted by Crippen LogP contribution is -2.22. The van der Waals surface area contributed by atoms with E-state index in [9.17, 15) is 4.79 Å². The van der Waals surface area contributed by atoms with Gasteiger partial charge in [0.15, 0.2) is 11.2 Å². The summed E-state index contributed by atoms with van der Waals surface area (Å²) in [5.41, 5.74) is 5.31. The Kier molecular flexibility index (Phi) is 3.76. The number of hydrogen-bond donors (Lipinski definition) is 0. The van der Waals surface area contributed by atoms with Gasteiger partial charge in [0, 0.05) is 6.20 Å². The van der Waals surface area contributed by atoms with Gasteiger partial charge in [-0.25, -0.2) is 4.52 Å². The monoisotopic (exact) mass is 367 g/mol. The summed E-state index contributed by atoms with van der Waals surface area (Å²) in [6.07, 6.45) is 1.79. The van der Waals surface area contributed by atoms with E-state index in [1.807, 2.05) is 73.7 Å². The number of hydrogen-bond acceptors (Lipinski definition) is 4. The van der Waals surface area contributed by atoms with Crippen LogP contribution in [0.2, 0.25) is 0 Å². The lowest BCUT2D eigenvalue weighted by Gasteiger charge is -2.07. The third-order valence-electron chi connectivity index (χ3n) is 4.89. The molecule has 2 aromatic carbocycles. The first kappa shape index (κ1) is 16.4. The maximum atomic E-state index is 13.0. The van der Waals surface area contributed by atoms with Crippen molar-refractivity contribution in [2.75, 3.05) is 0 Å². The van der Waals surface area contributed by atoms with Gasteiger partial charge in [-0.2, -0.15) is 5.10 Å². The van der Waals surface area contributed by atoms with Crippen LogP contribution in [-0.4, -0.2) is 24.4 Å². The third-order valence-corrected chi connectivity index (χ3v) is 4.89. The summed E-state index contributed by atoms with van der Waals surface area (Å²) in [5.74, 6) is 0. The molecule has 6 nitrogen and oxygen atoms in total. The van der Waals surface area contributed by atoms with Crippen molar-refractivity contribution in [2.24, 2.45) is 0 Å². The molecule has 0 atom stereocenters. The molecule has 0 amide bonds. The molecular weight excluding hydrogens is 350 g/mol. The third kappa shape index (κ3) is 2.58. The molecule has 5 aromatic rings. The van der Waals surface area contributed by atoms with Gasteiger partial charge in [0.1, 0.15) is 5.52 Å².